The molecular formula is C13H18N4O5. The summed E-state index contributed by atoms with van der Waals surface area (Å²) >= 11 is 0. The van der Waals surface area contributed by atoms with Crippen LogP contribution in [0.1, 0.15) is 32.1 Å². The quantitative estimate of drug-likeness (QED) is 0.473. The lowest BCUT2D eigenvalue weighted by Gasteiger charge is -2.22. The largest absolute Gasteiger partial charge is 0.481 e. The number of aliphatic carboxylic acids is 1. The van der Waals surface area contributed by atoms with E-state index in [1.165, 1.54) is 10.9 Å². The lowest BCUT2D eigenvalue weighted by atomic mass is 9.95. The first-order valence-electron chi connectivity index (χ1n) is 7.16. The fourth-order valence-corrected chi connectivity index (χ4v) is 2.71. The minimum absolute atomic E-state index is 0.170. The summed E-state index contributed by atoms with van der Waals surface area (Å²) in [6, 6.07) is -0.405. The van der Waals surface area contributed by atoms with Crippen LogP contribution in [-0.4, -0.2) is 37.7 Å². The number of carboxylic acid groups (broad SMARTS) is 1. The number of nitro groups is 1. The molecule has 1 aromatic heterocycles. The van der Waals surface area contributed by atoms with E-state index in [4.69, 9.17) is 0 Å². The Morgan fingerprint density at radius 3 is 2.77 bits per heavy atom. The summed E-state index contributed by atoms with van der Waals surface area (Å²) in [6.07, 6.45) is 6.09. The molecule has 22 heavy (non-hydrogen) atoms. The van der Waals surface area contributed by atoms with E-state index in [2.05, 4.69) is 10.4 Å². The third-order valence-electron chi connectivity index (χ3n) is 3.82. The number of nitrogens with zero attached hydrogens (tertiary/aromatic N) is 3. The Morgan fingerprint density at radius 1 is 1.41 bits per heavy atom. The summed E-state index contributed by atoms with van der Waals surface area (Å²) in [5.41, 5.74) is -0.189. The molecule has 2 rings (SSSR count). The topological polar surface area (TPSA) is 127 Å². The molecule has 1 heterocycles. The first-order valence-corrected chi connectivity index (χ1v) is 7.16. The van der Waals surface area contributed by atoms with Gasteiger partial charge in [0.25, 0.3) is 0 Å². The number of amides is 1. The van der Waals surface area contributed by atoms with E-state index < -0.39 is 28.8 Å². The smallest absolute Gasteiger partial charge is 0.308 e. The summed E-state index contributed by atoms with van der Waals surface area (Å²) in [5.74, 6) is -1.88. The van der Waals surface area contributed by atoms with Crippen molar-refractivity contribution in [2.75, 3.05) is 0 Å². The predicted octanol–water partition coefficient (Wildman–Crippen LogP) is 0.941. The SMILES string of the molecule is O=C(Cn1cc([N+](=O)[O-])cn1)N[C@H]1CCCCC[C@H]1C(=O)O. The maximum Gasteiger partial charge on any atom is 0.308 e. The minimum Gasteiger partial charge on any atom is -0.481 e. The molecule has 9 heteroatoms. The van der Waals surface area contributed by atoms with Crippen LogP contribution < -0.4 is 5.32 Å². The zero-order valence-electron chi connectivity index (χ0n) is 12.0. The van der Waals surface area contributed by atoms with Crippen LogP contribution >= 0.6 is 0 Å². The standard InChI is InChI=1S/C13H18N4O5/c18-12(8-16-7-9(6-14-16)17(21)22)15-11-5-3-1-2-4-10(11)13(19)20/h6-7,10-11H,1-5,8H2,(H,15,18)(H,19,20)/t10-,11+/m1/s1. The number of carbonyl (C=O) groups is 2. The molecule has 1 fully saturated rings. The van der Waals surface area contributed by atoms with Crippen molar-refractivity contribution < 1.29 is 19.6 Å². The molecule has 1 aliphatic rings. The van der Waals surface area contributed by atoms with E-state index in [9.17, 15) is 24.8 Å². The number of carbonyl (C=O) groups excluding carboxylic acids is 1. The lowest BCUT2D eigenvalue weighted by molar-refractivity contribution is -0.385. The van der Waals surface area contributed by atoms with Gasteiger partial charge in [0.15, 0.2) is 0 Å². The van der Waals surface area contributed by atoms with Gasteiger partial charge in [-0.05, 0) is 12.8 Å². The molecule has 0 aliphatic heterocycles. The van der Waals surface area contributed by atoms with Crippen molar-refractivity contribution in [3.05, 3.63) is 22.5 Å². The molecule has 2 N–H and O–H groups in total. The Balaban J connectivity index is 1.96. The molecule has 0 spiro atoms. The number of hydrogen-bond donors (Lipinski definition) is 2. The maximum atomic E-state index is 12.0. The van der Waals surface area contributed by atoms with Crippen molar-refractivity contribution in [3.63, 3.8) is 0 Å². The van der Waals surface area contributed by atoms with Gasteiger partial charge in [-0.2, -0.15) is 5.10 Å². The van der Waals surface area contributed by atoms with Crippen LogP contribution in [0.5, 0.6) is 0 Å². The number of nitrogens with one attached hydrogen (secondary N) is 1. The monoisotopic (exact) mass is 310 g/mol. The Labute approximate surface area is 126 Å². The van der Waals surface area contributed by atoms with Gasteiger partial charge in [-0.1, -0.05) is 19.3 Å². The highest BCUT2D eigenvalue weighted by atomic mass is 16.6. The molecule has 1 saturated carbocycles. The highest BCUT2D eigenvalue weighted by Gasteiger charge is 2.30. The first-order chi connectivity index (χ1) is 10.5. The molecule has 2 atom stereocenters. The molecule has 1 aliphatic carbocycles. The van der Waals surface area contributed by atoms with Crippen LogP contribution in [0.4, 0.5) is 5.69 Å². The van der Waals surface area contributed by atoms with Gasteiger partial charge in [0.1, 0.15) is 18.9 Å². The average Bonchev–Trinajstić information content (AvgIpc) is 2.77. The third-order valence-corrected chi connectivity index (χ3v) is 3.82. The molecule has 0 bridgehead atoms. The fraction of sp³-hybridized carbons (Fsp3) is 0.615. The lowest BCUT2D eigenvalue weighted by Crippen LogP contribution is -2.44. The maximum absolute atomic E-state index is 12.0. The normalized spacial score (nSPS) is 21.8. The highest BCUT2D eigenvalue weighted by molar-refractivity contribution is 5.78. The molecular weight excluding hydrogens is 292 g/mol. The minimum atomic E-state index is -0.901. The van der Waals surface area contributed by atoms with Gasteiger partial charge in [-0.25, -0.2) is 0 Å². The highest BCUT2D eigenvalue weighted by Crippen LogP contribution is 2.23. The summed E-state index contributed by atoms with van der Waals surface area (Å²) in [7, 11) is 0. The van der Waals surface area contributed by atoms with Crippen molar-refractivity contribution >= 4 is 17.6 Å². The van der Waals surface area contributed by atoms with Crippen molar-refractivity contribution in [1.82, 2.24) is 15.1 Å². The summed E-state index contributed by atoms with van der Waals surface area (Å²) in [6.45, 7) is -0.170. The van der Waals surface area contributed by atoms with Gasteiger partial charge >= 0.3 is 11.7 Å². The predicted molar refractivity (Wildman–Crippen MR) is 75.0 cm³/mol. The van der Waals surface area contributed by atoms with Crippen LogP contribution in [0.2, 0.25) is 0 Å². The molecule has 120 valence electrons. The zero-order chi connectivity index (χ0) is 16.1. The van der Waals surface area contributed by atoms with E-state index in [0.717, 1.165) is 25.5 Å². The second-order valence-corrected chi connectivity index (χ2v) is 5.41. The molecule has 0 saturated heterocycles. The summed E-state index contributed by atoms with van der Waals surface area (Å²) < 4.78 is 1.17. The van der Waals surface area contributed by atoms with Crippen LogP contribution in [0, 0.1) is 16.0 Å². The second kappa shape index (κ2) is 7.01. The summed E-state index contributed by atoms with van der Waals surface area (Å²) in [4.78, 5) is 33.3. The van der Waals surface area contributed by atoms with E-state index in [0.29, 0.717) is 12.8 Å². The van der Waals surface area contributed by atoms with Gasteiger partial charge in [-0.3, -0.25) is 24.4 Å². The second-order valence-electron chi connectivity index (χ2n) is 5.41. The van der Waals surface area contributed by atoms with Crippen molar-refractivity contribution in [2.45, 2.75) is 44.7 Å². The third kappa shape index (κ3) is 4.03. The Hall–Kier alpha value is -2.45. The number of aromatic nitrogens is 2. The van der Waals surface area contributed by atoms with Gasteiger partial charge in [0.2, 0.25) is 5.91 Å². The van der Waals surface area contributed by atoms with E-state index in [1.807, 2.05) is 0 Å². The molecule has 1 aromatic rings. The Morgan fingerprint density at radius 2 is 2.14 bits per heavy atom. The molecule has 0 radical (unpaired) electrons. The Kier molecular flexibility index (Phi) is 5.08. The van der Waals surface area contributed by atoms with E-state index >= 15 is 0 Å². The van der Waals surface area contributed by atoms with Crippen LogP contribution in [0.15, 0.2) is 12.4 Å². The van der Waals surface area contributed by atoms with Gasteiger partial charge in [0.05, 0.1) is 10.8 Å². The van der Waals surface area contributed by atoms with Crippen LogP contribution in [0.25, 0.3) is 0 Å². The van der Waals surface area contributed by atoms with Crippen molar-refractivity contribution in [1.29, 1.82) is 0 Å². The number of carboxylic acids is 1. The number of hydrogen-bond acceptors (Lipinski definition) is 5. The summed E-state index contributed by atoms with van der Waals surface area (Å²) in [5, 5.41) is 26.3. The molecule has 9 nitrogen and oxygen atoms in total. The van der Waals surface area contributed by atoms with E-state index in [1.54, 1.807) is 0 Å². The first kappa shape index (κ1) is 15.9. The van der Waals surface area contributed by atoms with Crippen molar-refractivity contribution in [2.24, 2.45) is 5.92 Å². The van der Waals surface area contributed by atoms with Crippen LogP contribution in [0.3, 0.4) is 0 Å². The van der Waals surface area contributed by atoms with Crippen LogP contribution in [-0.2, 0) is 16.1 Å². The average molecular weight is 310 g/mol. The van der Waals surface area contributed by atoms with Gasteiger partial charge in [0, 0.05) is 6.04 Å². The zero-order valence-corrected chi connectivity index (χ0v) is 12.0. The fourth-order valence-electron chi connectivity index (χ4n) is 2.71. The molecule has 0 aromatic carbocycles. The van der Waals surface area contributed by atoms with Crippen molar-refractivity contribution in [3.8, 4) is 0 Å². The van der Waals surface area contributed by atoms with E-state index in [-0.39, 0.29) is 12.2 Å². The number of rotatable bonds is 5. The molecule has 1 amide bonds. The van der Waals surface area contributed by atoms with Gasteiger partial charge in [-0.15, -0.1) is 0 Å². The van der Waals surface area contributed by atoms with Gasteiger partial charge < -0.3 is 10.4 Å². The Bertz CT molecular complexity index is 571. The molecule has 0 unspecified atom stereocenters.